The monoisotopic (exact) mass is 258 g/mol. The molecule has 0 saturated heterocycles. The molecule has 1 aromatic heterocycles. The Bertz CT molecular complexity index is 521. The minimum absolute atomic E-state index is 0.134. The van der Waals surface area contributed by atoms with Crippen LogP contribution in [0, 0.1) is 0 Å². The van der Waals surface area contributed by atoms with E-state index in [0.717, 1.165) is 18.7 Å². The Kier molecular flexibility index (Phi) is 4.69. The van der Waals surface area contributed by atoms with Crippen molar-refractivity contribution < 1.29 is 4.79 Å². The lowest BCUT2D eigenvalue weighted by molar-refractivity contribution is 0.0948. The maximum absolute atomic E-state index is 11.8. The Morgan fingerprint density at radius 3 is 2.74 bits per heavy atom. The molecule has 5 heteroatoms. The van der Waals surface area contributed by atoms with Crippen LogP contribution in [0.2, 0.25) is 0 Å². The number of benzene rings is 1. The fourth-order valence-electron chi connectivity index (χ4n) is 1.73. The number of hydrogen-bond donors (Lipinski definition) is 2. The van der Waals surface area contributed by atoms with Gasteiger partial charge in [0.25, 0.3) is 5.91 Å². The van der Waals surface area contributed by atoms with Crippen LogP contribution in [0.25, 0.3) is 5.69 Å². The summed E-state index contributed by atoms with van der Waals surface area (Å²) in [5.41, 5.74) is 1.38. The first kappa shape index (κ1) is 13.3. The molecule has 2 aromatic rings. The molecule has 0 saturated carbocycles. The number of para-hydroxylation sites is 1. The van der Waals surface area contributed by atoms with Gasteiger partial charge in [0, 0.05) is 12.7 Å². The van der Waals surface area contributed by atoms with Gasteiger partial charge < -0.3 is 10.6 Å². The number of aromatic nitrogens is 2. The van der Waals surface area contributed by atoms with Gasteiger partial charge in [-0.25, -0.2) is 4.68 Å². The van der Waals surface area contributed by atoms with Crippen molar-refractivity contribution in [2.75, 3.05) is 20.1 Å². The Morgan fingerprint density at radius 1 is 1.21 bits per heavy atom. The zero-order chi connectivity index (χ0) is 13.5. The molecule has 1 aromatic carbocycles. The molecule has 0 bridgehead atoms. The zero-order valence-electron chi connectivity index (χ0n) is 11.0. The van der Waals surface area contributed by atoms with Gasteiger partial charge in [0.2, 0.25) is 0 Å². The molecule has 5 nitrogen and oxygen atoms in total. The molecule has 0 fully saturated rings. The third kappa shape index (κ3) is 3.66. The number of carbonyl (C=O) groups is 1. The minimum atomic E-state index is -0.134. The lowest BCUT2D eigenvalue weighted by atomic mass is 10.3. The van der Waals surface area contributed by atoms with Crippen molar-refractivity contribution >= 4 is 5.91 Å². The first-order valence-electron chi connectivity index (χ1n) is 6.35. The van der Waals surface area contributed by atoms with E-state index in [0.29, 0.717) is 12.2 Å². The van der Waals surface area contributed by atoms with Gasteiger partial charge in [-0.2, -0.15) is 5.10 Å². The fraction of sp³-hybridized carbons (Fsp3) is 0.286. The molecule has 100 valence electrons. The highest BCUT2D eigenvalue weighted by Gasteiger charge is 2.09. The molecule has 19 heavy (non-hydrogen) atoms. The Hall–Kier alpha value is -2.14. The summed E-state index contributed by atoms with van der Waals surface area (Å²) in [6.07, 6.45) is 2.69. The summed E-state index contributed by atoms with van der Waals surface area (Å²) in [5.74, 6) is -0.134. The quantitative estimate of drug-likeness (QED) is 0.766. The van der Waals surface area contributed by atoms with Crippen molar-refractivity contribution in [3.63, 3.8) is 0 Å². The average Bonchev–Trinajstić information content (AvgIpc) is 2.94. The minimum Gasteiger partial charge on any atom is -0.351 e. The normalized spacial score (nSPS) is 10.4. The standard InChI is InChI=1S/C14H18N4O/c1-15-9-5-10-16-14(19)13-8-11-18(17-13)12-6-3-2-4-7-12/h2-4,6-8,11,15H,5,9-10H2,1H3,(H,16,19). The van der Waals surface area contributed by atoms with Gasteiger partial charge in [-0.3, -0.25) is 4.79 Å². The van der Waals surface area contributed by atoms with Gasteiger partial charge in [-0.1, -0.05) is 18.2 Å². The summed E-state index contributed by atoms with van der Waals surface area (Å²) in [4.78, 5) is 11.8. The molecule has 0 unspecified atom stereocenters. The van der Waals surface area contributed by atoms with Crippen LogP contribution < -0.4 is 10.6 Å². The molecular formula is C14H18N4O. The number of nitrogens with zero attached hydrogens (tertiary/aromatic N) is 2. The van der Waals surface area contributed by atoms with Gasteiger partial charge in [-0.05, 0) is 38.2 Å². The van der Waals surface area contributed by atoms with Crippen molar-refractivity contribution in [3.05, 3.63) is 48.3 Å². The van der Waals surface area contributed by atoms with E-state index in [1.54, 1.807) is 16.9 Å². The molecular weight excluding hydrogens is 240 g/mol. The van der Waals surface area contributed by atoms with Crippen molar-refractivity contribution in [1.82, 2.24) is 20.4 Å². The number of nitrogens with one attached hydrogen (secondary N) is 2. The van der Waals surface area contributed by atoms with Crippen LogP contribution in [0.4, 0.5) is 0 Å². The highest BCUT2D eigenvalue weighted by Crippen LogP contribution is 2.06. The van der Waals surface area contributed by atoms with Crippen LogP contribution in [-0.2, 0) is 0 Å². The van der Waals surface area contributed by atoms with E-state index in [4.69, 9.17) is 0 Å². The highest BCUT2D eigenvalue weighted by atomic mass is 16.1. The largest absolute Gasteiger partial charge is 0.351 e. The first-order valence-corrected chi connectivity index (χ1v) is 6.35. The second kappa shape index (κ2) is 6.70. The summed E-state index contributed by atoms with van der Waals surface area (Å²) < 4.78 is 1.70. The summed E-state index contributed by atoms with van der Waals surface area (Å²) in [5, 5.41) is 10.1. The average molecular weight is 258 g/mol. The maximum atomic E-state index is 11.8. The van der Waals surface area contributed by atoms with E-state index in [9.17, 15) is 4.79 Å². The van der Waals surface area contributed by atoms with Crippen molar-refractivity contribution in [2.24, 2.45) is 0 Å². The van der Waals surface area contributed by atoms with Crippen molar-refractivity contribution in [2.45, 2.75) is 6.42 Å². The van der Waals surface area contributed by atoms with E-state index in [2.05, 4.69) is 15.7 Å². The summed E-state index contributed by atoms with van der Waals surface area (Å²) in [7, 11) is 1.89. The van der Waals surface area contributed by atoms with E-state index in [1.807, 2.05) is 37.4 Å². The van der Waals surface area contributed by atoms with Gasteiger partial charge in [0.1, 0.15) is 0 Å². The fourth-order valence-corrected chi connectivity index (χ4v) is 1.73. The lowest BCUT2D eigenvalue weighted by Crippen LogP contribution is -2.27. The van der Waals surface area contributed by atoms with Crippen LogP contribution in [-0.4, -0.2) is 35.8 Å². The Balaban J connectivity index is 1.95. The molecule has 0 radical (unpaired) electrons. The SMILES string of the molecule is CNCCCNC(=O)c1ccn(-c2ccccc2)n1. The topological polar surface area (TPSA) is 58.9 Å². The van der Waals surface area contributed by atoms with E-state index in [-0.39, 0.29) is 5.91 Å². The molecule has 1 heterocycles. The van der Waals surface area contributed by atoms with Crippen LogP contribution >= 0.6 is 0 Å². The second-order valence-corrected chi connectivity index (χ2v) is 4.19. The molecule has 0 aliphatic rings. The van der Waals surface area contributed by atoms with E-state index >= 15 is 0 Å². The Labute approximate surface area is 112 Å². The highest BCUT2D eigenvalue weighted by molar-refractivity contribution is 5.92. The molecule has 0 aliphatic carbocycles. The molecule has 1 amide bonds. The molecule has 2 rings (SSSR count). The molecule has 2 N–H and O–H groups in total. The van der Waals surface area contributed by atoms with E-state index < -0.39 is 0 Å². The zero-order valence-corrected chi connectivity index (χ0v) is 11.0. The summed E-state index contributed by atoms with van der Waals surface area (Å²) in [6, 6.07) is 11.4. The summed E-state index contributed by atoms with van der Waals surface area (Å²) in [6.45, 7) is 1.54. The number of carbonyl (C=O) groups excluding carboxylic acids is 1. The predicted molar refractivity (Wildman–Crippen MR) is 74.4 cm³/mol. The van der Waals surface area contributed by atoms with Gasteiger partial charge in [0.05, 0.1) is 5.69 Å². The van der Waals surface area contributed by atoms with Crippen molar-refractivity contribution in [1.29, 1.82) is 0 Å². The van der Waals surface area contributed by atoms with Crippen LogP contribution in [0.5, 0.6) is 0 Å². The smallest absolute Gasteiger partial charge is 0.271 e. The third-order valence-corrected chi connectivity index (χ3v) is 2.73. The Morgan fingerprint density at radius 2 is 2.00 bits per heavy atom. The number of amides is 1. The predicted octanol–water partition coefficient (Wildman–Crippen LogP) is 1.21. The lowest BCUT2D eigenvalue weighted by Gasteiger charge is -2.03. The van der Waals surface area contributed by atoms with Crippen molar-refractivity contribution in [3.8, 4) is 5.69 Å². The third-order valence-electron chi connectivity index (χ3n) is 2.73. The molecule has 0 spiro atoms. The van der Waals surface area contributed by atoms with Gasteiger partial charge >= 0.3 is 0 Å². The van der Waals surface area contributed by atoms with Gasteiger partial charge in [-0.15, -0.1) is 0 Å². The first-order chi connectivity index (χ1) is 9.31. The summed E-state index contributed by atoms with van der Waals surface area (Å²) >= 11 is 0. The van der Waals surface area contributed by atoms with Crippen LogP contribution in [0.1, 0.15) is 16.9 Å². The number of hydrogen-bond acceptors (Lipinski definition) is 3. The molecule has 0 atom stereocenters. The van der Waals surface area contributed by atoms with E-state index in [1.165, 1.54) is 0 Å². The maximum Gasteiger partial charge on any atom is 0.271 e. The van der Waals surface area contributed by atoms with Gasteiger partial charge in [0.15, 0.2) is 5.69 Å². The second-order valence-electron chi connectivity index (χ2n) is 4.19. The molecule has 0 aliphatic heterocycles. The van der Waals surface area contributed by atoms with Crippen LogP contribution in [0.15, 0.2) is 42.6 Å². The number of rotatable bonds is 6. The van der Waals surface area contributed by atoms with Crippen LogP contribution in [0.3, 0.4) is 0 Å².